The van der Waals surface area contributed by atoms with Crippen LogP contribution in [0.4, 0.5) is 0 Å². The number of hydrogen-bond donors (Lipinski definition) is 3. The molecule has 0 aromatic carbocycles. The van der Waals surface area contributed by atoms with E-state index < -0.39 is 36.3 Å². The molecule has 1 aliphatic heterocycles. The van der Waals surface area contributed by atoms with E-state index in [2.05, 4.69) is 0 Å². The van der Waals surface area contributed by atoms with E-state index in [1.807, 2.05) is 0 Å². The quantitative estimate of drug-likeness (QED) is 0.370. The molecule has 0 spiro atoms. The Labute approximate surface area is 68.6 Å². The molecule has 0 aromatic rings. The van der Waals surface area contributed by atoms with Crippen LogP contribution in [-0.2, 0) is 9.53 Å². The molecule has 1 saturated carbocycles. The van der Waals surface area contributed by atoms with Gasteiger partial charge in [0.1, 0.15) is 18.3 Å². The molecular formula is C7H10O5. The number of hydrogen-bond acceptors (Lipinski definition) is 5. The Hall–Kier alpha value is -0.650. The number of carbonyl (C=O) groups is 1. The van der Waals surface area contributed by atoms with Crippen LogP contribution in [0.3, 0.4) is 0 Å². The number of fused-ring (bicyclic) bond motifs is 1. The van der Waals surface area contributed by atoms with Gasteiger partial charge in [-0.2, -0.15) is 0 Å². The third kappa shape index (κ3) is 0.872. The van der Waals surface area contributed by atoms with Crippen molar-refractivity contribution in [3.63, 3.8) is 0 Å². The number of aliphatic hydroxyl groups is 3. The highest BCUT2D eigenvalue weighted by atomic mass is 16.6. The zero-order chi connectivity index (χ0) is 8.88. The molecule has 5 heteroatoms. The first kappa shape index (κ1) is 7.97. The van der Waals surface area contributed by atoms with E-state index in [0.29, 0.717) is 0 Å². The van der Waals surface area contributed by atoms with Gasteiger partial charge in [-0.15, -0.1) is 0 Å². The van der Waals surface area contributed by atoms with Crippen molar-refractivity contribution in [1.82, 2.24) is 0 Å². The summed E-state index contributed by atoms with van der Waals surface area (Å²) in [6, 6.07) is 0. The Morgan fingerprint density at radius 1 is 1.17 bits per heavy atom. The number of carbonyl (C=O) groups excluding carboxylic acids is 1. The molecule has 1 saturated heterocycles. The minimum absolute atomic E-state index is 0.0833. The summed E-state index contributed by atoms with van der Waals surface area (Å²) in [5, 5.41) is 27.7. The molecule has 2 rings (SSSR count). The molecule has 68 valence electrons. The van der Waals surface area contributed by atoms with Gasteiger partial charge in [-0.25, -0.2) is 0 Å². The fourth-order valence-corrected chi connectivity index (χ4v) is 1.88. The third-order valence-corrected chi connectivity index (χ3v) is 2.57. The molecule has 12 heavy (non-hydrogen) atoms. The predicted molar refractivity (Wildman–Crippen MR) is 36.0 cm³/mol. The van der Waals surface area contributed by atoms with E-state index in [0.717, 1.165) is 0 Å². The Morgan fingerprint density at radius 3 is 2.42 bits per heavy atom. The largest absolute Gasteiger partial charge is 0.459 e. The van der Waals surface area contributed by atoms with Crippen LogP contribution in [0.25, 0.3) is 0 Å². The standard InChI is InChI=1S/C7H10O5/c8-3-1-2-4(9)5(10)6(11)7(2)12-3/h2,4-7,9-11H,1H2/t2-,4+,5-,6-,7-/m0/s1. The van der Waals surface area contributed by atoms with Crippen molar-refractivity contribution in [2.24, 2.45) is 5.92 Å². The second kappa shape index (κ2) is 2.42. The number of aliphatic hydroxyl groups excluding tert-OH is 3. The van der Waals surface area contributed by atoms with Gasteiger partial charge in [0.15, 0.2) is 0 Å². The summed E-state index contributed by atoms with van der Waals surface area (Å²) in [6.07, 6.45) is -4.01. The monoisotopic (exact) mass is 174 g/mol. The second-order valence-corrected chi connectivity index (χ2v) is 3.29. The van der Waals surface area contributed by atoms with E-state index in [9.17, 15) is 15.0 Å². The maximum atomic E-state index is 10.7. The van der Waals surface area contributed by atoms with Crippen molar-refractivity contribution in [2.45, 2.75) is 30.8 Å². The Bertz CT molecular complexity index is 196. The van der Waals surface area contributed by atoms with Crippen LogP contribution < -0.4 is 0 Å². The second-order valence-electron chi connectivity index (χ2n) is 3.29. The van der Waals surface area contributed by atoms with Crippen LogP contribution in [0.2, 0.25) is 0 Å². The van der Waals surface area contributed by atoms with E-state index in [1.165, 1.54) is 0 Å². The first-order chi connectivity index (χ1) is 5.61. The van der Waals surface area contributed by atoms with Crippen LogP contribution in [0.1, 0.15) is 6.42 Å². The van der Waals surface area contributed by atoms with Gasteiger partial charge in [0.25, 0.3) is 0 Å². The molecule has 0 unspecified atom stereocenters. The number of esters is 1. The Morgan fingerprint density at radius 2 is 1.83 bits per heavy atom. The maximum Gasteiger partial charge on any atom is 0.306 e. The highest BCUT2D eigenvalue weighted by Crippen LogP contribution is 2.37. The van der Waals surface area contributed by atoms with Gasteiger partial charge >= 0.3 is 5.97 Å². The van der Waals surface area contributed by atoms with E-state index in [1.54, 1.807) is 0 Å². The van der Waals surface area contributed by atoms with Gasteiger partial charge in [0, 0.05) is 5.92 Å². The van der Waals surface area contributed by atoms with Crippen molar-refractivity contribution < 1.29 is 24.9 Å². The first-order valence-corrected chi connectivity index (χ1v) is 3.85. The van der Waals surface area contributed by atoms with E-state index in [-0.39, 0.29) is 6.42 Å². The highest BCUT2D eigenvalue weighted by molar-refractivity contribution is 5.72. The maximum absolute atomic E-state index is 10.7. The molecule has 2 fully saturated rings. The summed E-state index contributed by atoms with van der Waals surface area (Å²) in [4.78, 5) is 10.7. The summed E-state index contributed by atoms with van der Waals surface area (Å²) in [5.41, 5.74) is 0. The lowest BCUT2D eigenvalue weighted by Gasteiger charge is -2.13. The molecule has 0 radical (unpaired) electrons. The van der Waals surface area contributed by atoms with Gasteiger partial charge in [-0.3, -0.25) is 4.79 Å². The fourth-order valence-electron chi connectivity index (χ4n) is 1.88. The van der Waals surface area contributed by atoms with E-state index in [4.69, 9.17) is 9.84 Å². The number of rotatable bonds is 0. The minimum Gasteiger partial charge on any atom is -0.459 e. The van der Waals surface area contributed by atoms with E-state index >= 15 is 0 Å². The minimum atomic E-state index is -1.19. The van der Waals surface area contributed by atoms with Crippen molar-refractivity contribution >= 4 is 5.97 Å². The predicted octanol–water partition coefficient (Wildman–Crippen LogP) is -1.99. The van der Waals surface area contributed by atoms with Crippen LogP contribution in [0.15, 0.2) is 0 Å². The zero-order valence-corrected chi connectivity index (χ0v) is 6.25. The Balaban J connectivity index is 2.20. The topological polar surface area (TPSA) is 87.0 Å². The Kier molecular flexibility index (Phi) is 1.61. The van der Waals surface area contributed by atoms with Crippen LogP contribution >= 0.6 is 0 Å². The van der Waals surface area contributed by atoms with Crippen molar-refractivity contribution in [1.29, 1.82) is 0 Å². The molecule has 1 heterocycles. The van der Waals surface area contributed by atoms with Gasteiger partial charge in [-0.05, 0) is 0 Å². The lowest BCUT2D eigenvalue weighted by Crippen LogP contribution is -2.33. The molecule has 5 nitrogen and oxygen atoms in total. The normalized spacial score (nSPS) is 52.2. The SMILES string of the molecule is O=C1C[C@H]2[C@@H](O)[C@H](O)[C@H](O)[C@H]2O1. The summed E-state index contributed by atoms with van der Waals surface area (Å²) >= 11 is 0. The molecular weight excluding hydrogens is 164 g/mol. The average Bonchev–Trinajstić information content (AvgIpc) is 2.49. The number of ether oxygens (including phenoxy) is 1. The molecule has 3 N–H and O–H groups in total. The lowest BCUT2D eigenvalue weighted by molar-refractivity contribution is -0.147. The molecule has 1 aliphatic carbocycles. The smallest absolute Gasteiger partial charge is 0.306 e. The van der Waals surface area contributed by atoms with Gasteiger partial charge in [0.2, 0.25) is 0 Å². The van der Waals surface area contributed by atoms with Crippen molar-refractivity contribution in [2.75, 3.05) is 0 Å². The van der Waals surface area contributed by atoms with Gasteiger partial charge < -0.3 is 20.1 Å². The summed E-state index contributed by atoms with van der Waals surface area (Å²) < 4.78 is 4.73. The average molecular weight is 174 g/mol. The molecule has 2 aliphatic rings. The van der Waals surface area contributed by atoms with Gasteiger partial charge in [0.05, 0.1) is 12.5 Å². The van der Waals surface area contributed by atoms with Crippen LogP contribution in [0, 0.1) is 5.92 Å². The van der Waals surface area contributed by atoms with Crippen LogP contribution in [-0.4, -0.2) is 45.7 Å². The highest BCUT2D eigenvalue weighted by Gasteiger charge is 2.55. The fraction of sp³-hybridized carbons (Fsp3) is 0.857. The first-order valence-electron chi connectivity index (χ1n) is 3.85. The molecule has 0 amide bonds. The molecule has 5 atom stereocenters. The van der Waals surface area contributed by atoms with Crippen LogP contribution in [0.5, 0.6) is 0 Å². The summed E-state index contributed by atoms with van der Waals surface area (Å²) in [5.74, 6) is -0.863. The molecule has 0 bridgehead atoms. The van der Waals surface area contributed by atoms with Crippen molar-refractivity contribution in [3.05, 3.63) is 0 Å². The summed E-state index contributed by atoms with van der Waals surface area (Å²) in [7, 11) is 0. The lowest BCUT2D eigenvalue weighted by atomic mass is 10.0. The van der Waals surface area contributed by atoms with Gasteiger partial charge in [-0.1, -0.05) is 0 Å². The van der Waals surface area contributed by atoms with Crippen molar-refractivity contribution in [3.8, 4) is 0 Å². The third-order valence-electron chi connectivity index (χ3n) is 2.57. The summed E-state index contributed by atoms with van der Waals surface area (Å²) in [6.45, 7) is 0. The zero-order valence-electron chi connectivity index (χ0n) is 6.25. The molecule has 0 aromatic heterocycles.